The van der Waals surface area contributed by atoms with Gasteiger partial charge in [-0.2, -0.15) is 0 Å². The molecule has 2 atom stereocenters. The van der Waals surface area contributed by atoms with Crippen molar-refractivity contribution in [3.63, 3.8) is 0 Å². The SMILES string of the molecule is CCCNC(COCC)CC1CCCO1. The second kappa shape index (κ2) is 8.08. The molecule has 0 radical (unpaired) electrons. The lowest BCUT2D eigenvalue weighted by Gasteiger charge is -2.21. The molecular weight excluding hydrogens is 190 g/mol. The molecule has 15 heavy (non-hydrogen) atoms. The maximum Gasteiger partial charge on any atom is 0.0620 e. The van der Waals surface area contributed by atoms with Gasteiger partial charge < -0.3 is 14.8 Å². The van der Waals surface area contributed by atoms with Crippen LogP contribution in [0.5, 0.6) is 0 Å². The first-order valence-electron chi connectivity index (χ1n) is 6.29. The highest BCUT2D eigenvalue weighted by atomic mass is 16.5. The Hall–Kier alpha value is -0.120. The van der Waals surface area contributed by atoms with Gasteiger partial charge >= 0.3 is 0 Å². The fourth-order valence-corrected chi connectivity index (χ4v) is 1.97. The first-order chi connectivity index (χ1) is 7.36. The van der Waals surface area contributed by atoms with Gasteiger partial charge in [-0.25, -0.2) is 0 Å². The molecule has 1 N–H and O–H groups in total. The monoisotopic (exact) mass is 215 g/mol. The topological polar surface area (TPSA) is 30.5 Å². The van der Waals surface area contributed by atoms with Crippen LogP contribution < -0.4 is 5.32 Å². The summed E-state index contributed by atoms with van der Waals surface area (Å²) >= 11 is 0. The van der Waals surface area contributed by atoms with Crippen molar-refractivity contribution in [2.45, 2.75) is 51.7 Å². The van der Waals surface area contributed by atoms with Gasteiger partial charge in [0, 0.05) is 19.3 Å². The summed E-state index contributed by atoms with van der Waals surface area (Å²) in [6.45, 7) is 7.87. The van der Waals surface area contributed by atoms with Crippen molar-refractivity contribution in [2.24, 2.45) is 0 Å². The van der Waals surface area contributed by atoms with Crippen molar-refractivity contribution in [1.29, 1.82) is 0 Å². The van der Waals surface area contributed by atoms with Crippen LogP contribution in [0.3, 0.4) is 0 Å². The van der Waals surface area contributed by atoms with Gasteiger partial charge in [-0.3, -0.25) is 0 Å². The van der Waals surface area contributed by atoms with Crippen LogP contribution in [0.1, 0.15) is 39.5 Å². The number of ether oxygens (including phenoxy) is 2. The van der Waals surface area contributed by atoms with Gasteiger partial charge in [0.25, 0.3) is 0 Å². The van der Waals surface area contributed by atoms with E-state index in [-0.39, 0.29) is 0 Å². The third-order valence-electron chi connectivity index (χ3n) is 2.78. The number of rotatable bonds is 8. The lowest BCUT2D eigenvalue weighted by molar-refractivity contribution is 0.0672. The predicted molar refractivity (Wildman–Crippen MR) is 62.2 cm³/mol. The molecule has 90 valence electrons. The third-order valence-corrected chi connectivity index (χ3v) is 2.78. The molecule has 3 nitrogen and oxygen atoms in total. The molecule has 2 unspecified atom stereocenters. The summed E-state index contributed by atoms with van der Waals surface area (Å²) in [7, 11) is 0. The minimum Gasteiger partial charge on any atom is -0.380 e. The highest BCUT2D eigenvalue weighted by Gasteiger charge is 2.20. The van der Waals surface area contributed by atoms with Gasteiger partial charge in [0.15, 0.2) is 0 Å². The number of nitrogens with one attached hydrogen (secondary N) is 1. The van der Waals surface area contributed by atoms with Crippen molar-refractivity contribution in [2.75, 3.05) is 26.4 Å². The molecule has 1 fully saturated rings. The summed E-state index contributed by atoms with van der Waals surface area (Å²) in [5.41, 5.74) is 0. The summed E-state index contributed by atoms with van der Waals surface area (Å²) in [6, 6.07) is 0.466. The van der Waals surface area contributed by atoms with Gasteiger partial charge in [0.05, 0.1) is 12.7 Å². The third kappa shape index (κ3) is 5.50. The van der Waals surface area contributed by atoms with Crippen LogP contribution in [0.25, 0.3) is 0 Å². The zero-order chi connectivity index (χ0) is 10.9. The van der Waals surface area contributed by atoms with E-state index in [0.29, 0.717) is 12.1 Å². The molecule has 0 aliphatic carbocycles. The van der Waals surface area contributed by atoms with Crippen LogP contribution >= 0.6 is 0 Å². The van der Waals surface area contributed by atoms with E-state index in [9.17, 15) is 0 Å². The highest BCUT2D eigenvalue weighted by molar-refractivity contribution is 4.74. The Morgan fingerprint density at radius 3 is 2.93 bits per heavy atom. The van der Waals surface area contributed by atoms with E-state index in [1.807, 2.05) is 6.92 Å². The fraction of sp³-hybridized carbons (Fsp3) is 1.00. The van der Waals surface area contributed by atoms with E-state index < -0.39 is 0 Å². The van der Waals surface area contributed by atoms with Crippen LogP contribution in [0.2, 0.25) is 0 Å². The first-order valence-corrected chi connectivity index (χ1v) is 6.29. The maximum atomic E-state index is 5.65. The van der Waals surface area contributed by atoms with Crippen molar-refractivity contribution < 1.29 is 9.47 Å². The Kier molecular flexibility index (Phi) is 6.98. The van der Waals surface area contributed by atoms with E-state index in [4.69, 9.17) is 9.47 Å². The van der Waals surface area contributed by atoms with Crippen molar-refractivity contribution >= 4 is 0 Å². The summed E-state index contributed by atoms with van der Waals surface area (Å²) in [5, 5.41) is 3.53. The van der Waals surface area contributed by atoms with E-state index >= 15 is 0 Å². The number of hydrogen-bond donors (Lipinski definition) is 1. The minimum absolute atomic E-state index is 0.458. The second-order valence-electron chi connectivity index (χ2n) is 4.18. The molecule has 0 aromatic carbocycles. The zero-order valence-electron chi connectivity index (χ0n) is 10.1. The average molecular weight is 215 g/mol. The highest BCUT2D eigenvalue weighted by Crippen LogP contribution is 2.17. The smallest absolute Gasteiger partial charge is 0.0620 e. The normalized spacial score (nSPS) is 23.2. The van der Waals surface area contributed by atoms with Gasteiger partial charge in [-0.15, -0.1) is 0 Å². The molecule has 1 saturated heterocycles. The van der Waals surface area contributed by atoms with Crippen LogP contribution in [0.4, 0.5) is 0 Å². The van der Waals surface area contributed by atoms with Crippen LogP contribution in [0, 0.1) is 0 Å². The van der Waals surface area contributed by atoms with Crippen molar-refractivity contribution in [1.82, 2.24) is 5.32 Å². The van der Waals surface area contributed by atoms with E-state index in [1.165, 1.54) is 19.3 Å². The van der Waals surface area contributed by atoms with Gasteiger partial charge in [-0.1, -0.05) is 6.92 Å². The van der Waals surface area contributed by atoms with Crippen molar-refractivity contribution in [3.05, 3.63) is 0 Å². The average Bonchev–Trinajstić information content (AvgIpc) is 2.74. The summed E-state index contributed by atoms with van der Waals surface area (Å²) < 4.78 is 11.1. The van der Waals surface area contributed by atoms with Crippen LogP contribution in [-0.4, -0.2) is 38.5 Å². The predicted octanol–water partition coefficient (Wildman–Crippen LogP) is 1.96. The van der Waals surface area contributed by atoms with E-state index in [1.54, 1.807) is 0 Å². The Bertz CT molecular complexity index is 139. The quantitative estimate of drug-likeness (QED) is 0.671. The summed E-state index contributed by atoms with van der Waals surface area (Å²) in [4.78, 5) is 0. The molecule has 1 aliphatic rings. The Morgan fingerprint density at radius 2 is 2.33 bits per heavy atom. The van der Waals surface area contributed by atoms with Crippen LogP contribution in [0.15, 0.2) is 0 Å². The molecule has 0 bridgehead atoms. The molecule has 1 rings (SSSR count). The van der Waals surface area contributed by atoms with Crippen LogP contribution in [-0.2, 0) is 9.47 Å². The largest absolute Gasteiger partial charge is 0.380 e. The Balaban J connectivity index is 2.19. The Labute approximate surface area is 93.5 Å². The molecule has 1 aliphatic heterocycles. The first kappa shape index (κ1) is 12.9. The molecule has 1 heterocycles. The molecule has 0 spiro atoms. The van der Waals surface area contributed by atoms with Gasteiger partial charge in [-0.05, 0) is 39.2 Å². The standard InChI is InChI=1S/C12H25NO2/c1-3-7-13-11(10-14-4-2)9-12-6-5-8-15-12/h11-13H,3-10H2,1-2H3. The summed E-state index contributed by atoms with van der Waals surface area (Å²) in [6.07, 6.45) is 5.17. The minimum atomic E-state index is 0.458. The molecule has 0 aromatic heterocycles. The number of hydrogen-bond acceptors (Lipinski definition) is 3. The lowest BCUT2D eigenvalue weighted by Crippen LogP contribution is -2.37. The van der Waals surface area contributed by atoms with Gasteiger partial charge in [0.2, 0.25) is 0 Å². The van der Waals surface area contributed by atoms with E-state index in [2.05, 4.69) is 12.2 Å². The summed E-state index contributed by atoms with van der Waals surface area (Å²) in [5.74, 6) is 0. The van der Waals surface area contributed by atoms with E-state index in [0.717, 1.165) is 32.8 Å². The lowest BCUT2D eigenvalue weighted by atomic mass is 10.1. The molecular formula is C12H25NO2. The maximum absolute atomic E-state index is 5.65. The molecule has 0 saturated carbocycles. The molecule has 3 heteroatoms. The molecule has 0 aromatic rings. The molecule has 0 amide bonds. The second-order valence-corrected chi connectivity index (χ2v) is 4.18. The fourth-order valence-electron chi connectivity index (χ4n) is 1.97. The Morgan fingerprint density at radius 1 is 1.47 bits per heavy atom. The zero-order valence-corrected chi connectivity index (χ0v) is 10.1. The van der Waals surface area contributed by atoms with Gasteiger partial charge in [0.1, 0.15) is 0 Å². The van der Waals surface area contributed by atoms with Crippen molar-refractivity contribution in [3.8, 4) is 0 Å².